The van der Waals surface area contributed by atoms with Crippen LogP contribution in [-0.2, 0) is 11.9 Å². The number of nitrogens with zero attached hydrogens (tertiary/aromatic N) is 1. The molecule has 2 rings (SSSR count). The number of nitrogens with two attached hydrogens (primary N) is 1. The zero-order valence-corrected chi connectivity index (χ0v) is 16.2. The van der Waals surface area contributed by atoms with Gasteiger partial charge in [0.25, 0.3) is 0 Å². The van der Waals surface area contributed by atoms with E-state index >= 15 is 0 Å². The fourth-order valence-electron chi connectivity index (χ4n) is 2.00. The van der Waals surface area contributed by atoms with Crippen LogP contribution in [0.4, 0.5) is 0 Å². The van der Waals surface area contributed by atoms with E-state index in [2.05, 4.69) is 11.4 Å². The van der Waals surface area contributed by atoms with Gasteiger partial charge >= 0.3 is 141 Å². The first-order valence-corrected chi connectivity index (χ1v) is 8.99. The summed E-state index contributed by atoms with van der Waals surface area (Å²) in [6, 6.07) is 16.5. The van der Waals surface area contributed by atoms with Crippen molar-refractivity contribution >= 4 is 42.6 Å². The molecule has 2 aromatic rings. The molecule has 24 heavy (non-hydrogen) atoms. The second kappa shape index (κ2) is 9.89. The Morgan fingerprint density at radius 1 is 1.21 bits per heavy atom. The first kappa shape index (κ1) is 19.9. The molecule has 0 aliphatic heterocycles. The number of amidine groups is 1. The topological polar surface area (TPSA) is 103 Å². The Balaban J connectivity index is 0.00000288. The molecule has 0 bridgehead atoms. The van der Waals surface area contributed by atoms with Gasteiger partial charge in [-0.3, -0.25) is 0 Å². The van der Waals surface area contributed by atoms with E-state index in [-0.39, 0.29) is 42.6 Å². The molecular formula is C17H17BrN4OSe. The maximum absolute atomic E-state index is 12.4. The maximum atomic E-state index is 12.4. The van der Waals surface area contributed by atoms with Crippen LogP contribution in [-0.4, -0.2) is 25.6 Å². The van der Waals surface area contributed by atoms with Crippen LogP contribution >= 0.6 is 17.0 Å². The van der Waals surface area contributed by atoms with E-state index in [1.54, 1.807) is 18.2 Å². The second-order valence-electron chi connectivity index (χ2n) is 4.80. The summed E-state index contributed by atoms with van der Waals surface area (Å²) in [6.07, 6.45) is 0. The van der Waals surface area contributed by atoms with Crippen molar-refractivity contribution in [2.45, 2.75) is 11.9 Å². The first-order chi connectivity index (χ1) is 11.1. The van der Waals surface area contributed by atoms with Crippen LogP contribution in [0.1, 0.15) is 27.0 Å². The summed E-state index contributed by atoms with van der Waals surface area (Å²) in [5.41, 5.74) is 8.46. The van der Waals surface area contributed by atoms with Crippen molar-refractivity contribution in [1.82, 2.24) is 5.32 Å². The molecule has 0 atom stereocenters. The number of nitriles is 1. The Labute approximate surface area is 157 Å². The molecule has 7 heteroatoms. The van der Waals surface area contributed by atoms with Crippen LogP contribution in [0.3, 0.4) is 0 Å². The molecule has 1 amide bonds. The summed E-state index contributed by atoms with van der Waals surface area (Å²) in [7, 11) is 0. The van der Waals surface area contributed by atoms with Gasteiger partial charge in [0, 0.05) is 0 Å². The Bertz CT molecular complexity index is 756. The summed E-state index contributed by atoms with van der Waals surface area (Å²) in [5, 5.41) is 19.6. The average molecular weight is 452 g/mol. The quantitative estimate of drug-likeness (QED) is 0.356. The predicted octanol–water partition coefficient (Wildman–Crippen LogP) is 2.16. The van der Waals surface area contributed by atoms with Gasteiger partial charge in [-0.15, -0.1) is 17.0 Å². The van der Waals surface area contributed by atoms with E-state index in [4.69, 9.17) is 16.4 Å². The standard InChI is InChI=1S/C17H16N4OSe.BrH/c18-9-12-5-7-13(8-6-12)10-21-16(22)15-4-2-1-3-14(15)11-23-17(19)20;/h1-8H,10-11H2,(H3,19,20)(H,21,22);1H. The first-order valence-electron chi connectivity index (χ1n) is 6.92. The molecular weight excluding hydrogens is 435 g/mol. The molecule has 0 aliphatic carbocycles. The van der Waals surface area contributed by atoms with Crippen LogP contribution in [0.25, 0.3) is 0 Å². The van der Waals surface area contributed by atoms with Crippen LogP contribution in [0, 0.1) is 16.7 Å². The van der Waals surface area contributed by atoms with Gasteiger partial charge in [-0.05, 0) is 0 Å². The van der Waals surface area contributed by atoms with E-state index < -0.39 is 0 Å². The Morgan fingerprint density at radius 2 is 1.88 bits per heavy atom. The van der Waals surface area contributed by atoms with Gasteiger partial charge in [-0.1, -0.05) is 0 Å². The summed E-state index contributed by atoms with van der Waals surface area (Å²) in [4.78, 5) is 12.4. The minimum absolute atomic E-state index is 0. The second-order valence-corrected chi connectivity index (χ2v) is 6.94. The van der Waals surface area contributed by atoms with Gasteiger partial charge in [0.05, 0.1) is 0 Å². The predicted molar refractivity (Wildman–Crippen MR) is 100 cm³/mol. The molecule has 0 unspecified atom stereocenters. The van der Waals surface area contributed by atoms with Crippen LogP contribution in [0.15, 0.2) is 48.5 Å². The summed E-state index contributed by atoms with van der Waals surface area (Å²) >= 11 is -0.135. The Morgan fingerprint density at radius 3 is 2.50 bits per heavy atom. The third-order valence-electron chi connectivity index (χ3n) is 3.18. The van der Waals surface area contributed by atoms with Crippen LogP contribution in [0.2, 0.25) is 0 Å². The number of halogens is 1. The molecule has 0 aromatic heterocycles. The molecule has 0 aliphatic rings. The monoisotopic (exact) mass is 452 g/mol. The van der Waals surface area contributed by atoms with Gasteiger partial charge in [-0.25, -0.2) is 0 Å². The molecule has 0 heterocycles. The van der Waals surface area contributed by atoms with Crippen LogP contribution < -0.4 is 11.1 Å². The molecule has 4 N–H and O–H groups in total. The van der Waals surface area contributed by atoms with E-state index in [0.29, 0.717) is 23.0 Å². The zero-order chi connectivity index (χ0) is 16.7. The number of hydrogen-bond donors (Lipinski definition) is 3. The van der Waals surface area contributed by atoms with Gasteiger partial charge in [-0.2, -0.15) is 0 Å². The number of hydrogen-bond acceptors (Lipinski definition) is 3. The summed E-state index contributed by atoms with van der Waals surface area (Å²) in [5.74, 6) is -0.149. The molecule has 5 nitrogen and oxygen atoms in total. The molecule has 0 saturated heterocycles. The van der Waals surface area contributed by atoms with Gasteiger partial charge in [0.2, 0.25) is 0 Å². The third kappa shape index (κ3) is 5.82. The van der Waals surface area contributed by atoms with Gasteiger partial charge in [0.1, 0.15) is 0 Å². The van der Waals surface area contributed by atoms with E-state index in [0.717, 1.165) is 11.1 Å². The molecule has 0 saturated carbocycles. The molecule has 2 aromatic carbocycles. The van der Waals surface area contributed by atoms with Crippen molar-refractivity contribution in [2.75, 3.05) is 0 Å². The number of rotatable bonds is 6. The van der Waals surface area contributed by atoms with Crippen molar-refractivity contribution in [3.05, 3.63) is 70.8 Å². The fourth-order valence-corrected chi connectivity index (χ4v) is 3.18. The van der Waals surface area contributed by atoms with Crippen molar-refractivity contribution < 1.29 is 4.79 Å². The van der Waals surface area contributed by atoms with Crippen molar-refractivity contribution in [3.8, 4) is 6.07 Å². The fraction of sp³-hybridized carbons (Fsp3) is 0.118. The van der Waals surface area contributed by atoms with E-state index in [9.17, 15) is 4.79 Å². The van der Waals surface area contributed by atoms with E-state index in [1.165, 1.54) is 0 Å². The summed E-state index contributed by atoms with van der Waals surface area (Å²) < 4.78 is 0.172. The van der Waals surface area contributed by atoms with E-state index in [1.807, 2.05) is 30.3 Å². The number of carbonyl (C=O) groups excluding carboxylic acids is 1. The van der Waals surface area contributed by atoms with Crippen molar-refractivity contribution in [3.63, 3.8) is 0 Å². The average Bonchev–Trinajstić information content (AvgIpc) is 2.58. The number of benzene rings is 2. The molecule has 0 fully saturated rings. The van der Waals surface area contributed by atoms with Crippen molar-refractivity contribution in [2.24, 2.45) is 5.73 Å². The minimum atomic E-state index is -0.149. The molecule has 124 valence electrons. The zero-order valence-electron chi connectivity index (χ0n) is 12.8. The molecule has 0 spiro atoms. The number of nitrogens with one attached hydrogen (secondary N) is 2. The Hall–Kier alpha value is -2.13. The van der Waals surface area contributed by atoms with Crippen molar-refractivity contribution in [1.29, 1.82) is 10.7 Å². The third-order valence-corrected chi connectivity index (χ3v) is 4.79. The summed E-state index contributed by atoms with van der Waals surface area (Å²) in [6.45, 7) is 0.400. The van der Waals surface area contributed by atoms with Gasteiger partial charge < -0.3 is 0 Å². The van der Waals surface area contributed by atoms with Gasteiger partial charge in [0.15, 0.2) is 0 Å². The number of amides is 1. The van der Waals surface area contributed by atoms with Crippen LogP contribution in [0.5, 0.6) is 0 Å². The molecule has 0 radical (unpaired) electrons. The Kier molecular flexibility index (Phi) is 8.20. The normalized spacial score (nSPS) is 9.46. The SMILES string of the molecule is Br.N#Cc1ccc(CNC(=O)c2ccccc2C[Se]C(=N)N)cc1. The number of carbonyl (C=O) groups is 1.